The van der Waals surface area contributed by atoms with E-state index in [9.17, 15) is 13.2 Å². The van der Waals surface area contributed by atoms with Crippen LogP contribution in [0, 0.1) is 13.8 Å². The number of hydrogen-bond acceptors (Lipinski definition) is 7. The molecule has 7 nitrogen and oxygen atoms in total. The zero-order valence-electron chi connectivity index (χ0n) is 16.4. The van der Waals surface area contributed by atoms with E-state index < -0.39 is 10.0 Å². The molecule has 0 saturated carbocycles. The minimum Gasteiger partial charge on any atom is -0.541 e. The normalized spacial score (nSPS) is 12.5. The van der Waals surface area contributed by atoms with Gasteiger partial charge in [-0.05, 0) is 48.6 Å². The van der Waals surface area contributed by atoms with Gasteiger partial charge in [0.25, 0.3) is 0 Å². The van der Waals surface area contributed by atoms with Crippen LogP contribution in [0.1, 0.15) is 26.4 Å². The van der Waals surface area contributed by atoms with Crippen molar-refractivity contribution in [2.24, 2.45) is 0 Å². The Balaban J connectivity index is 0.00000256. The first kappa shape index (κ1) is 23.2. The molecule has 11 heteroatoms. The molecule has 0 radical (unpaired) electrons. The molecule has 4 rings (SSSR count). The third kappa shape index (κ3) is 4.42. The molecule has 30 heavy (non-hydrogen) atoms. The minimum absolute atomic E-state index is 0. The van der Waals surface area contributed by atoms with E-state index in [1.54, 1.807) is 19.1 Å². The van der Waals surface area contributed by atoms with Gasteiger partial charge in [0.1, 0.15) is 10.0 Å². The second-order valence-electron chi connectivity index (χ2n) is 6.45. The maximum absolute atomic E-state index is 12.9. The van der Waals surface area contributed by atoms with Gasteiger partial charge in [0.2, 0.25) is 6.79 Å². The third-order valence-corrected chi connectivity index (χ3v) is 7.27. The van der Waals surface area contributed by atoms with Gasteiger partial charge < -0.3 is 18.6 Å². The number of halogens is 1. The van der Waals surface area contributed by atoms with Crippen LogP contribution in [0.5, 0.6) is 11.5 Å². The Morgan fingerprint density at radius 1 is 1.20 bits per heavy atom. The summed E-state index contributed by atoms with van der Waals surface area (Å²) in [6.07, 6.45) is 1.34. The number of sulfonamides is 1. The molecule has 3 aromatic rings. The van der Waals surface area contributed by atoms with Gasteiger partial charge in [-0.2, -0.15) is 0 Å². The smallest absolute Gasteiger partial charge is 0.541 e. The zero-order valence-corrected chi connectivity index (χ0v) is 20.8. The van der Waals surface area contributed by atoms with Gasteiger partial charge in [-0.25, -0.2) is 8.42 Å². The third-order valence-electron chi connectivity index (χ3n) is 4.43. The second-order valence-corrected chi connectivity index (χ2v) is 9.32. The molecule has 0 N–H and O–H groups in total. The Morgan fingerprint density at radius 3 is 2.57 bits per heavy atom. The summed E-state index contributed by atoms with van der Waals surface area (Å²) in [6, 6.07) is 4.90. The first-order chi connectivity index (χ1) is 13.8. The number of nitrogens with zero attached hydrogens (tertiary/aromatic N) is 1. The first-order valence-electron chi connectivity index (χ1n) is 8.47. The summed E-state index contributed by atoms with van der Waals surface area (Å²) in [5.41, 5.74) is 2.16. The van der Waals surface area contributed by atoms with Gasteiger partial charge in [-0.1, -0.05) is 11.6 Å². The minimum atomic E-state index is -4.18. The number of aryl methyl sites for hydroxylation is 2. The Labute approximate surface area is 204 Å². The summed E-state index contributed by atoms with van der Waals surface area (Å²) in [7, 11) is -4.18. The van der Waals surface area contributed by atoms with E-state index >= 15 is 0 Å². The number of rotatable bonds is 6. The fraction of sp³-hybridized carbons (Fsp3) is 0.211. The van der Waals surface area contributed by atoms with Gasteiger partial charge in [0.15, 0.2) is 17.3 Å². The number of carbonyl (C=O) groups is 1. The molecule has 0 bridgehead atoms. The van der Waals surface area contributed by atoms with Crippen molar-refractivity contribution >= 4 is 44.6 Å². The molecule has 3 heterocycles. The van der Waals surface area contributed by atoms with Gasteiger partial charge in [-0.3, -0.25) is 4.79 Å². The first-order valence-corrected chi connectivity index (χ1v) is 11.2. The zero-order chi connectivity index (χ0) is 20.8. The molecule has 0 spiro atoms. The van der Waals surface area contributed by atoms with E-state index in [0.29, 0.717) is 17.1 Å². The summed E-state index contributed by atoms with van der Waals surface area (Å²) in [5, 5.41) is 1.66. The van der Waals surface area contributed by atoms with Crippen LogP contribution >= 0.6 is 22.9 Å². The van der Waals surface area contributed by atoms with Crippen molar-refractivity contribution in [1.82, 2.24) is 0 Å². The Morgan fingerprint density at radius 2 is 1.90 bits per heavy atom. The standard InChI is InChI=1S/C19H15ClNO6S2.Na/c1-10-5-14-15(27-9-26-14)7-12(10)6-13(22)18-16(3-4-28-18)29(23,24)21-19-17(20)11(2)8-25-19;/h3-5,7-8H,6,9H2,1-2H3;/q-1;+1. The quantitative estimate of drug-likeness (QED) is 0.400. The van der Waals surface area contributed by atoms with Gasteiger partial charge in [0, 0.05) is 12.0 Å². The van der Waals surface area contributed by atoms with Crippen molar-refractivity contribution in [3.8, 4) is 11.5 Å². The van der Waals surface area contributed by atoms with Crippen molar-refractivity contribution < 1.29 is 56.7 Å². The van der Waals surface area contributed by atoms with Crippen molar-refractivity contribution in [1.29, 1.82) is 0 Å². The molecule has 1 aliphatic heterocycles. The maximum Gasteiger partial charge on any atom is 1.00 e. The van der Waals surface area contributed by atoms with Crippen LogP contribution in [0.3, 0.4) is 0 Å². The molecule has 0 amide bonds. The van der Waals surface area contributed by atoms with Gasteiger partial charge in [0.05, 0.1) is 26.9 Å². The predicted molar refractivity (Wildman–Crippen MR) is 108 cm³/mol. The summed E-state index contributed by atoms with van der Waals surface area (Å²) >= 11 is 7.06. The molecule has 0 aliphatic carbocycles. The molecule has 152 valence electrons. The van der Waals surface area contributed by atoms with Gasteiger partial charge in [-0.15, -0.1) is 11.3 Å². The van der Waals surface area contributed by atoms with Crippen LogP contribution in [-0.2, 0) is 16.4 Å². The Kier molecular flexibility index (Phi) is 6.91. The van der Waals surface area contributed by atoms with E-state index in [0.717, 1.165) is 22.5 Å². The van der Waals surface area contributed by atoms with Crippen molar-refractivity contribution in [3.05, 3.63) is 61.2 Å². The molecule has 0 atom stereocenters. The fourth-order valence-electron chi connectivity index (χ4n) is 2.87. The predicted octanol–water partition coefficient (Wildman–Crippen LogP) is 2.16. The number of benzene rings is 1. The van der Waals surface area contributed by atoms with E-state index in [1.807, 2.05) is 6.92 Å². The number of furan rings is 1. The van der Waals surface area contributed by atoms with Crippen molar-refractivity contribution in [2.45, 2.75) is 25.2 Å². The Bertz CT molecular complexity index is 1220. The largest absolute Gasteiger partial charge is 1.00 e. The van der Waals surface area contributed by atoms with E-state index in [1.165, 1.54) is 17.7 Å². The van der Waals surface area contributed by atoms with Crippen LogP contribution < -0.4 is 39.0 Å². The van der Waals surface area contributed by atoms with Crippen molar-refractivity contribution in [2.75, 3.05) is 6.79 Å². The van der Waals surface area contributed by atoms with E-state index in [-0.39, 0.29) is 69.2 Å². The topological polar surface area (TPSA) is 96.9 Å². The molecular formula is C19H15ClNNaO6S2. The second kappa shape index (κ2) is 8.94. The van der Waals surface area contributed by atoms with Crippen molar-refractivity contribution in [3.63, 3.8) is 0 Å². The number of carbonyl (C=O) groups excluding carboxylic acids is 1. The average molecular weight is 476 g/mol. The maximum atomic E-state index is 12.9. The van der Waals surface area contributed by atoms with Crippen LogP contribution in [-0.4, -0.2) is 21.0 Å². The molecule has 0 unspecified atom stereocenters. The molecular weight excluding hydrogens is 461 g/mol. The Hall–Kier alpha value is -1.49. The van der Waals surface area contributed by atoms with Crippen LogP contribution in [0.25, 0.3) is 4.72 Å². The molecule has 1 aromatic carbocycles. The number of fused-ring (bicyclic) bond motifs is 1. The fourth-order valence-corrected chi connectivity index (χ4v) is 5.36. The summed E-state index contributed by atoms with van der Waals surface area (Å²) in [4.78, 5) is 12.8. The van der Waals surface area contributed by atoms with Crippen LogP contribution in [0.4, 0.5) is 5.88 Å². The molecule has 0 fully saturated rings. The summed E-state index contributed by atoms with van der Waals surface area (Å²) < 4.78 is 45.0. The SMILES string of the molecule is Cc1cc2c(cc1CC(=O)c1sccc1S(=O)(=O)[N-]c1occ(C)c1Cl)OCO2.[Na+]. The van der Waals surface area contributed by atoms with E-state index in [4.69, 9.17) is 25.5 Å². The van der Waals surface area contributed by atoms with Gasteiger partial charge >= 0.3 is 29.6 Å². The van der Waals surface area contributed by atoms with E-state index in [2.05, 4.69) is 4.72 Å². The molecule has 1 aliphatic rings. The van der Waals surface area contributed by atoms with Crippen LogP contribution in [0.15, 0.2) is 39.2 Å². The summed E-state index contributed by atoms with van der Waals surface area (Å²) in [6.45, 7) is 3.66. The number of ketones is 1. The number of thiophene rings is 1. The summed E-state index contributed by atoms with van der Waals surface area (Å²) in [5.74, 6) is 0.649. The number of hydrogen-bond donors (Lipinski definition) is 0. The monoisotopic (exact) mass is 475 g/mol. The molecule has 0 saturated heterocycles. The number of ether oxygens (including phenoxy) is 2. The molecule has 2 aromatic heterocycles. The number of Topliss-reactive ketones (excluding diaryl/α,β-unsaturated/α-hetero) is 1. The average Bonchev–Trinajstić information content (AvgIpc) is 3.39. The van der Waals surface area contributed by atoms with Crippen LogP contribution in [0.2, 0.25) is 5.02 Å².